The molecule has 0 fully saturated rings. The van der Waals surface area contributed by atoms with Crippen molar-refractivity contribution in [2.24, 2.45) is 0 Å². The summed E-state index contributed by atoms with van der Waals surface area (Å²) in [7, 11) is 0.334. The van der Waals surface area contributed by atoms with E-state index in [0.29, 0.717) is 7.92 Å². The summed E-state index contributed by atoms with van der Waals surface area (Å²) in [6.45, 7) is 4.65. The van der Waals surface area contributed by atoms with Crippen LogP contribution in [0, 0.1) is 0 Å². The van der Waals surface area contributed by atoms with E-state index in [-0.39, 0.29) is 0 Å². The second-order valence-corrected chi connectivity index (χ2v) is 17.9. The molecule has 0 nitrogen and oxygen atoms in total. The Bertz CT molecular complexity index is 509. The Balaban J connectivity index is 0.00000283. The van der Waals surface area contributed by atoms with E-state index in [1.54, 1.807) is 18.5 Å². The molecule has 1 rings (SSSR count). The second-order valence-electron chi connectivity index (χ2n) is 10.3. The van der Waals surface area contributed by atoms with Crippen molar-refractivity contribution < 1.29 is 0 Å². The first kappa shape index (κ1) is 37.0. The minimum atomic E-state index is -1.20. The quantitative estimate of drug-likeness (QED) is 0.0821. The Morgan fingerprint density at radius 2 is 0.806 bits per heavy atom. The van der Waals surface area contributed by atoms with Crippen LogP contribution in [0.5, 0.6) is 0 Å². The molecule has 0 aromatic heterocycles. The molecule has 0 radical (unpaired) electrons. The van der Waals surface area contributed by atoms with Gasteiger partial charge in [-0.3, -0.25) is 0 Å². The summed E-state index contributed by atoms with van der Waals surface area (Å²) in [5.74, 6) is -1.20. The van der Waals surface area contributed by atoms with Crippen LogP contribution in [0.25, 0.3) is 0 Å². The van der Waals surface area contributed by atoms with Gasteiger partial charge in [0.05, 0.1) is 0 Å². The van der Waals surface area contributed by atoms with Gasteiger partial charge < -0.3 is 0 Å². The topological polar surface area (TPSA) is 0 Å². The van der Waals surface area contributed by atoms with Gasteiger partial charge in [-0.2, -0.15) is 0 Å². The molecule has 0 heterocycles. The highest BCUT2D eigenvalue weighted by Gasteiger charge is 2.08. The third kappa shape index (κ3) is 29.5. The maximum atomic E-state index is 4.87. The molecule has 1 aromatic rings. The fourth-order valence-corrected chi connectivity index (χ4v) is 7.44. The number of benzene rings is 1. The third-order valence-electron chi connectivity index (χ3n) is 6.94. The van der Waals surface area contributed by atoms with Crippen LogP contribution in [-0.4, -0.2) is 18.5 Å². The molecule has 0 atom stereocenters. The van der Waals surface area contributed by atoms with Crippen LogP contribution in [-0.2, 0) is 6.42 Å². The van der Waals surface area contributed by atoms with Gasteiger partial charge in [0, 0.05) is 0 Å². The first-order valence-corrected chi connectivity index (χ1v) is 21.1. The molecule has 0 aliphatic carbocycles. The molecule has 0 spiro atoms. The van der Waals surface area contributed by atoms with Crippen LogP contribution in [0.4, 0.5) is 0 Å². The van der Waals surface area contributed by atoms with Crippen LogP contribution in [0.1, 0.15) is 141 Å². The molecular formula is C31H57Cl3P2. The van der Waals surface area contributed by atoms with Crippen LogP contribution in [0.15, 0.2) is 30.3 Å². The molecule has 0 saturated heterocycles. The normalized spacial score (nSPS) is 11.2. The number of halogens is 3. The lowest BCUT2D eigenvalue weighted by Gasteiger charge is -2.18. The lowest BCUT2D eigenvalue weighted by atomic mass is 10.0. The van der Waals surface area contributed by atoms with Crippen molar-refractivity contribution in [1.82, 2.24) is 0 Å². The average Bonchev–Trinajstić information content (AvgIpc) is 2.87. The summed E-state index contributed by atoms with van der Waals surface area (Å²) in [4.78, 5) is 0. The number of hydrogen-bond acceptors (Lipinski definition) is 0. The van der Waals surface area contributed by atoms with E-state index in [9.17, 15) is 0 Å². The van der Waals surface area contributed by atoms with E-state index in [1.165, 1.54) is 134 Å². The summed E-state index contributed by atoms with van der Waals surface area (Å²) >= 11 is 14.6. The zero-order valence-electron chi connectivity index (χ0n) is 23.7. The smallest absolute Gasteiger partial charge is 0.107 e. The number of aryl methyl sites for hydroxylation is 1. The number of unbranched alkanes of at least 4 members (excludes halogenated alkanes) is 16. The minimum Gasteiger partial charge on any atom is -0.107 e. The molecule has 212 valence electrons. The van der Waals surface area contributed by atoms with E-state index in [2.05, 4.69) is 44.2 Å². The highest BCUT2D eigenvalue weighted by Crippen LogP contribution is 2.51. The molecule has 0 amide bonds. The molecular weight excluding hydrogens is 541 g/mol. The predicted octanol–water partition coefficient (Wildman–Crippen LogP) is 14.1. The second kappa shape index (κ2) is 30.5. The Labute approximate surface area is 243 Å². The van der Waals surface area contributed by atoms with Crippen molar-refractivity contribution >= 4 is 47.6 Å². The Kier molecular flexibility index (Phi) is 31.3. The van der Waals surface area contributed by atoms with Gasteiger partial charge in [0.15, 0.2) is 5.98 Å². The highest BCUT2D eigenvalue weighted by molar-refractivity contribution is 8.20. The molecule has 36 heavy (non-hydrogen) atoms. The Hall–Kier alpha value is 0.950. The first-order chi connectivity index (χ1) is 17.6. The zero-order valence-corrected chi connectivity index (χ0v) is 27.7. The van der Waals surface area contributed by atoms with Gasteiger partial charge in [-0.05, 0) is 56.2 Å². The fourth-order valence-electron chi connectivity index (χ4n) is 4.76. The van der Waals surface area contributed by atoms with Gasteiger partial charge in [0.25, 0.3) is 0 Å². The van der Waals surface area contributed by atoms with E-state index < -0.39 is 5.98 Å². The van der Waals surface area contributed by atoms with E-state index in [4.69, 9.17) is 33.7 Å². The molecule has 0 N–H and O–H groups in total. The summed E-state index contributed by atoms with van der Waals surface area (Å²) < 4.78 is 0. The molecule has 0 bridgehead atoms. The highest BCUT2D eigenvalue weighted by atomic mass is 36.0. The molecule has 0 aliphatic heterocycles. The average molecular weight is 598 g/mol. The summed E-state index contributed by atoms with van der Waals surface area (Å²) in [6, 6.07) is 11.0. The maximum absolute atomic E-state index is 4.87. The van der Waals surface area contributed by atoms with Crippen molar-refractivity contribution in [1.29, 1.82) is 0 Å². The van der Waals surface area contributed by atoms with Gasteiger partial charge in [-0.1, -0.05) is 174 Å². The third-order valence-corrected chi connectivity index (χ3v) is 9.78. The van der Waals surface area contributed by atoms with Crippen LogP contribution >= 0.6 is 47.6 Å². The molecule has 0 unspecified atom stereocenters. The van der Waals surface area contributed by atoms with Crippen molar-refractivity contribution in [3.63, 3.8) is 0 Å². The maximum Gasteiger partial charge on any atom is 0.179 e. The lowest BCUT2D eigenvalue weighted by Crippen LogP contribution is -1.97. The minimum absolute atomic E-state index is 0.334. The largest absolute Gasteiger partial charge is 0.179 e. The SMILES string of the molecule is CCCCCCCCP(CCCCCCCC)CCCCCCCCCc1ccccc1.ClP(Cl)Cl. The predicted molar refractivity (Wildman–Crippen MR) is 175 cm³/mol. The van der Waals surface area contributed by atoms with Gasteiger partial charge >= 0.3 is 0 Å². The lowest BCUT2D eigenvalue weighted by molar-refractivity contribution is 0.589. The summed E-state index contributed by atoms with van der Waals surface area (Å²) in [5, 5.41) is 0. The number of hydrogen-bond donors (Lipinski definition) is 0. The fraction of sp³-hybridized carbons (Fsp3) is 0.806. The van der Waals surface area contributed by atoms with E-state index in [1.807, 2.05) is 0 Å². The van der Waals surface area contributed by atoms with Crippen molar-refractivity contribution in [2.45, 2.75) is 142 Å². The van der Waals surface area contributed by atoms with Crippen LogP contribution < -0.4 is 0 Å². The van der Waals surface area contributed by atoms with Gasteiger partial charge in [0.1, 0.15) is 0 Å². The van der Waals surface area contributed by atoms with E-state index in [0.717, 1.165) is 0 Å². The van der Waals surface area contributed by atoms with Gasteiger partial charge in [0.2, 0.25) is 0 Å². The first-order valence-electron chi connectivity index (χ1n) is 15.1. The van der Waals surface area contributed by atoms with Crippen molar-refractivity contribution in [2.75, 3.05) is 18.5 Å². The van der Waals surface area contributed by atoms with Gasteiger partial charge in [-0.15, -0.1) is 7.92 Å². The van der Waals surface area contributed by atoms with Crippen LogP contribution in [0.2, 0.25) is 0 Å². The summed E-state index contributed by atoms with van der Waals surface area (Å²) in [5.41, 5.74) is 1.51. The number of rotatable bonds is 24. The Morgan fingerprint density at radius 1 is 0.472 bits per heavy atom. The zero-order chi connectivity index (χ0) is 26.5. The van der Waals surface area contributed by atoms with Crippen molar-refractivity contribution in [3.8, 4) is 0 Å². The molecule has 1 aromatic carbocycles. The Morgan fingerprint density at radius 3 is 1.19 bits per heavy atom. The summed E-state index contributed by atoms with van der Waals surface area (Å²) in [6.07, 6.45) is 33.7. The van der Waals surface area contributed by atoms with Crippen molar-refractivity contribution in [3.05, 3.63) is 35.9 Å². The van der Waals surface area contributed by atoms with Gasteiger partial charge in [-0.25, -0.2) is 0 Å². The standard InChI is InChI=1S/C31H57P.Cl3P/c1-3-5-7-9-15-22-28-32(29-23-16-10-8-6-4-2)30-24-17-13-11-12-14-19-25-31-26-20-18-21-27-31;1-4(2)3/h18,20-21,26-27H,3-17,19,22-25,28-30H2,1-2H3;. The van der Waals surface area contributed by atoms with Crippen LogP contribution in [0.3, 0.4) is 0 Å². The molecule has 0 saturated carbocycles. The molecule has 5 heteroatoms. The van der Waals surface area contributed by atoms with E-state index >= 15 is 0 Å². The molecule has 0 aliphatic rings. The monoisotopic (exact) mass is 596 g/mol.